The number of amides is 1. The number of hydrogen-bond donors (Lipinski definition) is 1. The van der Waals surface area contributed by atoms with Crippen molar-refractivity contribution in [3.63, 3.8) is 0 Å². The van der Waals surface area contributed by atoms with Crippen LogP contribution in [0.5, 0.6) is 5.75 Å². The molecule has 1 aromatic carbocycles. The number of pyridine rings is 1. The second-order valence-corrected chi connectivity index (χ2v) is 5.70. The molecular weight excluding hydrogens is 288 g/mol. The fourth-order valence-corrected chi connectivity index (χ4v) is 2.51. The number of aromatic nitrogens is 1. The Morgan fingerprint density at radius 3 is 2.62 bits per heavy atom. The summed E-state index contributed by atoms with van der Waals surface area (Å²) in [4.78, 5) is 12.1. The standard InChI is InChI=1S/C15H16N2O3S/c1-11(21-14-5-3-4-10-17(14)19)15(18)16-12-6-8-13(20-2)9-7-12/h3-11H,1-2H3,(H,16,18)/t11-/m1/s1. The molecule has 1 amide bonds. The average Bonchev–Trinajstić information content (AvgIpc) is 2.50. The highest BCUT2D eigenvalue weighted by Crippen LogP contribution is 2.21. The Kier molecular flexibility index (Phi) is 5.05. The van der Waals surface area contributed by atoms with E-state index in [0.717, 1.165) is 10.5 Å². The molecule has 1 atom stereocenters. The molecule has 0 aliphatic heterocycles. The van der Waals surface area contributed by atoms with Crippen molar-refractivity contribution in [3.05, 3.63) is 53.9 Å². The lowest BCUT2D eigenvalue weighted by Crippen LogP contribution is -2.30. The number of thioether (sulfide) groups is 1. The minimum atomic E-state index is -0.380. The van der Waals surface area contributed by atoms with Crippen molar-refractivity contribution in [1.29, 1.82) is 0 Å². The molecule has 0 aliphatic rings. The second-order valence-electron chi connectivity index (χ2n) is 4.34. The van der Waals surface area contributed by atoms with Crippen LogP contribution in [0.15, 0.2) is 53.7 Å². The summed E-state index contributed by atoms with van der Waals surface area (Å²) in [5.41, 5.74) is 0.691. The molecule has 2 aromatic rings. The minimum Gasteiger partial charge on any atom is -0.618 e. The van der Waals surface area contributed by atoms with Gasteiger partial charge in [0.1, 0.15) is 5.75 Å². The molecule has 5 nitrogen and oxygen atoms in total. The Balaban J connectivity index is 1.97. The first-order valence-electron chi connectivity index (χ1n) is 6.40. The van der Waals surface area contributed by atoms with Gasteiger partial charge in [-0.25, -0.2) is 0 Å². The summed E-state index contributed by atoms with van der Waals surface area (Å²) in [6, 6.07) is 12.2. The van der Waals surface area contributed by atoms with E-state index in [2.05, 4.69) is 5.32 Å². The van der Waals surface area contributed by atoms with Gasteiger partial charge < -0.3 is 15.3 Å². The highest BCUT2D eigenvalue weighted by Gasteiger charge is 2.18. The third-order valence-corrected chi connectivity index (χ3v) is 3.94. The van der Waals surface area contributed by atoms with Crippen molar-refractivity contribution in [1.82, 2.24) is 0 Å². The third kappa shape index (κ3) is 4.13. The van der Waals surface area contributed by atoms with E-state index in [1.165, 1.54) is 18.0 Å². The predicted molar refractivity (Wildman–Crippen MR) is 82.3 cm³/mol. The summed E-state index contributed by atoms with van der Waals surface area (Å²) in [5, 5.41) is 14.5. The molecule has 1 aromatic heterocycles. The second kappa shape index (κ2) is 6.99. The largest absolute Gasteiger partial charge is 0.618 e. The quantitative estimate of drug-likeness (QED) is 0.523. The fourth-order valence-electron chi connectivity index (χ4n) is 1.66. The SMILES string of the molecule is COc1ccc(NC(=O)[C@@H](C)Sc2cccc[n+]2[O-])cc1. The number of anilines is 1. The van der Waals surface area contributed by atoms with Gasteiger partial charge in [0.05, 0.1) is 12.4 Å². The Morgan fingerprint density at radius 2 is 2.00 bits per heavy atom. The zero-order chi connectivity index (χ0) is 15.2. The molecule has 0 fully saturated rings. The van der Waals surface area contributed by atoms with Crippen LogP contribution in [0.3, 0.4) is 0 Å². The maximum Gasteiger partial charge on any atom is 0.252 e. The number of nitrogens with one attached hydrogen (secondary N) is 1. The van der Waals surface area contributed by atoms with Gasteiger partial charge in [0.15, 0.2) is 6.20 Å². The van der Waals surface area contributed by atoms with Crippen molar-refractivity contribution in [2.45, 2.75) is 17.2 Å². The number of carbonyl (C=O) groups excluding carboxylic acids is 1. The minimum absolute atomic E-state index is 0.158. The Labute approximate surface area is 127 Å². The number of carbonyl (C=O) groups is 1. The fraction of sp³-hybridized carbons (Fsp3) is 0.200. The number of nitrogens with zero attached hydrogens (tertiary/aromatic N) is 1. The molecule has 0 unspecified atom stereocenters. The summed E-state index contributed by atoms with van der Waals surface area (Å²) in [5.74, 6) is 0.570. The van der Waals surface area contributed by atoms with E-state index >= 15 is 0 Å². The van der Waals surface area contributed by atoms with Gasteiger partial charge in [0, 0.05) is 17.8 Å². The lowest BCUT2D eigenvalue weighted by Gasteiger charge is -2.11. The smallest absolute Gasteiger partial charge is 0.252 e. The monoisotopic (exact) mass is 304 g/mol. The molecule has 1 heterocycles. The Bertz CT molecular complexity index is 617. The number of ether oxygens (including phenoxy) is 1. The molecule has 0 bridgehead atoms. The molecule has 0 saturated carbocycles. The van der Waals surface area contributed by atoms with E-state index in [1.807, 2.05) is 0 Å². The molecule has 0 radical (unpaired) electrons. The van der Waals surface area contributed by atoms with Gasteiger partial charge in [-0.15, -0.1) is 0 Å². The summed E-state index contributed by atoms with van der Waals surface area (Å²) < 4.78 is 5.81. The molecule has 1 N–H and O–H groups in total. The van der Waals surface area contributed by atoms with Crippen molar-refractivity contribution in [3.8, 4) is 5.75 Å². The van der Waals surface area contributed by atoms with Crippen molar-refractivity contribution < 1.29 is 14.3 Å². The first-order valence-corrected chi connectivity index (χ1v) is 7.28. The van der Waals surface area contributed by atoms with E-state index in [-0.39, 0.29) is 11.2 Å². The van der Waals surface area contributed by atoms with Crippen LogP contribution < -0.4 is 14.8 Å². The van der Waals surface area contributed by atoms with Crippen LogP contribution in [0.1, 0.15) is 6.92 Å². The van der Waals surface area contributed by atoms with Crippen LogP contribution in [0.4, 0.5) is 5.69 Å². The molecule has 6 heteroatoms. The first-order chi connectivity index (χ1) is 10.1. The molecule has 0 saturated heterocycles. The normalized spacial score (nSPS) is 11.7. The van der Waals surface area contributed by atoms with Crippen LogP contribution in [0.2, 0.25) is 0 Å². The van der Waals surface area contributed by atoms with Crippen LogP contribution in [0, 0.1) is 5.21 Å². The van der Waals surface area contributed by atoms with Gasteiger partial charge in [-0.2, -0.15) is 4.73 Å². The predicted octanol–water partition coefficient (Wildman–Crippen LogP) is 2.45. The molecule has 2 rings (SSSR count). The van der Waals surface area contributed by atoms with Gasteiger partial charge in [-0.05, 0) is 49.0 Å². The van der Waals surface area contributed by atoms with Gasteiger partial charge in [-0.3, -0.25) is 4.79 Å². The van der Waals surface area contributed by atoms with Crippen molar-refractivity contribution in [2.75, 3.05) is 12.4 Å². The van der Waals surface area contributed by atoms with Crippen LogP contribution >= 0.6 is 11.8 Å². The van der Waals surface area contributed by atoms with E-state index in [1.54, 1.807) is 56.5 Å². The number of benzene rings is 1. The first kappa shape index (κ1) is 15.2. The van der Waals surface area contributed by atoms with Crippen LogP contribution in [0.25, 0.3) is 0 Å². The molecule has 110 valence electrons. The maximum absolute atomic E-state index is 12.1. The van der Waals surface area contributed by atoms with Gasteiger partial charge in [0.2, 0.25) is 5.91 Å². The summed E-state index contributed by atoms with van der Waals surface area (Å²) in [6.45, 7) is 1.76. The Hall–Kier alpha value is -2.21. The van der Waals surface area contributed by atoms with Gasteiger partial charge >= 0.3 is 0 Å². The van der Waals surface area contributed by atoms with Gasteiger partial charge in [0.25, 0.3) is 5.03 Å². The van der Waals surface area contributed by atoms with E-state index in [0.29, 0.717) is 10.7 Å². The van der Waals surface area contributed by atoms with E-state index < -0.39 is 0 Å². The molecule has 21 heavy (non-hydrogen) atoms. The summed E-state index contributed by atoms with van der Waals surface area (Å²) in [7, 11) is 1.59. The zero-order valence-electron chi connectivity index (χ0n) is 11.8. The highest BCUT2D eigenvalue weighted by molar-refractivity contribution is 8.00. The number of methoxy groups -OCH3 is 1. The molecular formula is C15H16N2O3S. The van der Waals surface area contributed by atoms with E-state index in [4.69, 9.17) is 4.74 Å². The average molecular weight is 304 g/mol. The molecule has 0 aliphatic carbocycles. The topological polar surface area (TPSA) is 65.3 Å². The number of rotatable bonds is 5. The van der Waals surface area contributed by atoms with Crippen LogP contribution in [-0.4, -0.2) is 18.3 Å². The maximum atomic E-state index is 12.1. The van der Waals surface area contributed by atoms with E-state index in [9.17, 15) is 10.0 Å². The molecule has 0 spiro atoms. The lowest BCUT2D eigenvalue weighted by atomic mass is 10.3. The zero-order valence-corrected chi connectivity index (χ0v) is 12.6. The third-order valence-electron chi connectivity index (χ3n) is 2.81. The summed E-state index contributed by atoms with van der Waals surface area (Å²) in [6.07, 6.45) is 1.41. The van der Waals surface area contributed by atoms with Crippen molar-refractivity contribution >= 4 is 23.4 Å². The highest BCUT2D eigenvalue weighted by atomic mass is 32.2. The lowest BCUT2D eigenvalue weighted by molar-refractivity contribution is -0.645. The van der Waals surface area contributed by atoms with Crippen molar-refractivity contribution in [2.24, 2.45) is 0 Å². The number of hydrogen-bond acceptors (Lipinski definition) is 4. The van der Waals surface area contributed by atoms with Gasteiger partial charge in [-0.1, -0.05) is 0 Å². The van der Waals surface area contributed by atoms with Crippen LogP contribution in [-0.2, 0) is 4.79 Å². The Morgan fingerprint density at radius 1 is 1.29 bits per heavy atom. The summed E-state index contributed by atoms with van der Waals surface area (Å²) >= 11 is 1.22.